The van der Waals surface area contributed by atoms with E-state index in [0.717, 1.165) is 11.1 Å². The molecule has 2 aromatic carbocycles. The van der Waals surface area contributed by atoms with Gasteiger partial charge in [0.05, 0.1) is 6.21 Å². The Morgan fingerprint density at radius 2 is 1.95 bits per heavy atom. The molecule has 114 valence electrons. The normalized spacial score (nSPS) is 10.7. The molecule has 0 heterocycles. The summed E-state index contributed by atoms with van der Waals surface area (Å²) in [6.45, 7) is 1.74. The van der Waals surface area contributed by atoms with Crippen molar-refractivity contribution in [1.29, 1.82) is 0 Å². The average molecular weight is 337 g/mol. The second-order valence-corrected chi connectivity index (χ2v) is 5.39. The van der Waals surface area contributed by atoms with Crippen molar-refractivity contribution in [3.05, 3.63) is 63.6 Å². The summed E-state index contributed by atoms with van der Waals surface area (Å²) < 4.78 is 5.36. The smallest absolute Gasteiger partial charge is 0.277 e. The maximum Gasteiger partial charge on any atom is 0.277 e. The number of aryl methyl sites for hydroxylation is 1. The summed E-state index contributed by atoms with van der Waals surface area (Å²) >= 11 is 11.7. The molecular weight excluding hydrogens is 323 g/mol. The van der Waals surface area contributed by atoms with Gasteiger partial charge in [-0.1, -0.05) is 35.3 Å². The van der Waals surface area contributed by atoms with Crippen molar-refractivity contribution in [2.45, 2.75) is 6.92 Å². The average Bonchev–Trinajstić information content (AvgIpc) is 2.50. The summed E-state index contributed by atoms with van der Waals surface area (Å²) in [5.41, 5.74) is 4.11. The van der Waals surface area contributed by atoms with Gasteiger partial charge in [-0.3, -0.25) is 4.79 Å². The van der Waals surface area contributed by atoms with E-state index in [2.05, 4.69) is 10.5 Å². The SMILES string of the molecule is Cc1cc(OCC(=O)N/N=C\c2ccc(Cl)cc2)ccc1Cl. The zero-order chi connectivity index (χ0) is 15.9. The number of hydrogen-bond acceptors (Lipinski definition) is 3. The van der Waals surface area contributed by atoms with Crippen molar-refractivity contribution in [2.24, 2.45) is 5.10 Å². The Kier molecular flexibility index (Phi) is 5.81. The van der Waals surface area contributed by atoms with Crippen LogP contribution in [0.4, 0.5) is 0 Å². The summed E-state index contributed by atoms with van der Waals surface area (Å²) in [4.78, 5) is 11.6. The van der Waals surface area contributed by atoms with Gasteiger partial charge in [0.25, 0.3) is 5.91 Å². The number of hydrogen-bond donors (Lipinski definition) is 1. The number of nitrogens with one attached hydrogen (secondary N) is 1. The van der Waals surface area contributed by atoms with E-state index in [1.165, 1.54) is 6.21 Å². The van der Waals surface area contributed by atoms with Gasteiger partial charge in [0.1, 0.15) is 5.75 Å². The molecule has 6 heteroatoms. The molecule has 0 aromatic heterocycles. The Morgan fingerprint density at radius 1 is 1.23 bits per heavy atom. The van der Waals surface area contributed by atoms with Crippen LogP contribution in [-0.4, -0.2) is 18.7 Å². The number of benzene rings is 2. The fraction of sp³-hybridized carbons (Fsp3) is 0.125. The van der Waals surface area contributed by atoms with Crippen LogP contribution in [0.5, 0.6) is 5.75 Å². The number of hydrazone groups is 1. The molecule has 0 aliphatic carbocycles. The predicted molar refractivity (Wildman–Crippen MR) is 88.9 cm³/mol. The Bertz CT molecular complexity index is 685. The fourth-order valence-corrected chi connectivity index (χ4v) is 1.86. The van der Waals surface area contributed by atoms with Gasteiger partial charge in [-0.2, -0.15) is 5.10 Å². The van der Waals surface area contributed by atoms with Crippen LogP contribution in [0.1, 0.15) is 11.1 Å². The first-order chi connectivity index (χ1) is 10.5. The van der Waals surface area contributed by atoms with Crippen LogP contribution >= 0.6 is 23.2 Å². The summed E-state index contributed by atoms with van der Waals surface area (Å²) in [5.74, 6) is 0.233. The lowest BCUT2D eigenvalue weighted by molar-refractivity contribution is -0.123. The molecule has 0 aliphatic rings. The highest BCUT2D eigenvalue weighted by molar-refractivity contribution is 6.31. The van der Waals surface area contributed by atoms with Crippen molar-refractivity contribution in [3.8, 4) is 5.75 Å². The molecule has 0 fully saturated rings. The number of carbonyl (C=O) groups excluding carboxylic acids is 1. The number of amides is 1. The quantitative estimate of drug-likeness (QED) is 0.666. The van der Waals surface area contributed by atoms with Crippen LogP contribution < -0.4 is 10.2 Å². The summed E-state index contributed by atoms with van der Waals surface area (Å²) in [5, 5.41) is 5.15. The fourth-order valence-electron chi connectivity index (χ4n) is 1.62. The highest BCUT2D eigenvalue weighted by atomic mass is 35.5. The third-order valence-corrected chi connectivity index (χ3v) is 3.45. The van der Waals surface area contributed by atoms with Gasteiger partial charge < -0.3 is 4.74 Å². The van der Waals surface area contributed by atoms with Gasteiger partial charge in [0.15, 0.2) is 6.61 Å². The van der Waals surface area contributed by atoms with Crippen LogP contribution in [0.3, 0.4) is 0 Å². The summed E-state index contributed by atoms with van der Waals surface area (Å²) in [6, 6.07) is 12.3. The lowest BCUT2D eigenvalue weighted by atomic mass is 10.2. The largest absolute Gasteiger partial charge is 0.484 e. The molecule has 0 spiro atoms. The van der Waals surface area contributed by atoms with E-state index in [0.29, 0.717) is 15.8 Å². The molecule has 0 saturated carbocycles. The van der Waals surface area contributed by atoms with E-state index in [9.17, 15) is 4.79 Å². The Balaban J connectivity index is 1.80. The van der Waals surface area contributed by atoms with Gasteiger partial charge in [0, 0.05) is 10.0 Å². The maximum atomic E-state index is 11.6. The van der Waals surface area contributed by atoms with Gasteiger partial charge in [-0.05, 0) is 48.4 Å². The molecule has 0 unspecified atom stereocenters. The molecule has 0 atom stereocenters. The molecule has 0 aliphatic heterocycles. The Hall–Kier alpha value is -2.04. The van der Waals surface area contributed by atoms with Gasteiger partial charge in [-0.15, -0.1) is 0 Å². The highest BCUT2D eigenvalue weighted by Gasteiger charge is 2.03. The third kappa shape index (κ3) is 5.06. The number of halogens is 2. The van der Waals surface area contributed by atoms with Crippen LogP contribution in [0.2, 0.25) is 10.0 Å². The Labute approximate surface area is 138 Å². The van der Waals surface area contributed by atoms with Crippen LogP contribution in [0.25, 0.3) is 0 Å². The van der Waals surface area contributed by atoms with Crippen molar-refractivity contribution in [3.63, 3.8) is 0 Å². The molecule has 2 rings (SSSR count). The molecule has 0 bridgehead atoms. The van der Waals surface area contributed by atoms with Crippen molar-refractivity contribution in [1.82, 2.24) is 5.43 Å². The van der Waals surface area contributed by atoms with E-state index < -0.39 is 0 Å². The monoisotopic (exact) mass is 336 g/mol. The summed E-state index contributed by atoms with van der Waals surface area (Å²) in [7, 11) is 0. The van der Waals surface area contributed by atoms with Gasteiger partial charge >= 0.3 is 0 Å². The predicted octanol–water partition coefficient (Wildman–Crippen LogP) is 3.83. The standard InChI is InChI=1S/C16H14Cl2N2O2/c1-11-8-14(6-7-15(11)18)22-10-16(21)20-19-9-12-2-4-13(17)5-3-12/h2-9H,10H2,1H3,(H,20,21)/b19-9-. The molecule has 1 N–H and O–H groups in total. The molecule has 0 saturated heterocycles. The molecule has 22 heavy (non-hydrogen) atoms. The lowest BCUT2D eigenvalue weighted by Crippen LogP contribution is -2.24. The van der Waals surface area contributed by atoms with E-state index in [1.54, 1.807) is 42.5 Å². The first-order valence-corrected chi connectivity index (χ1v) is 7.26. The zero-order valence-electron chi connectivity index (χ0n) is 11.8. The second kappa shape index (κ2) is 7.82. The topological polar surface area (TPSA) is 50.7 Å². The highest BCUT2D eigenvalue weighted by Crippen LogP contribution is 2.20. The van der Waals surface area contributed by atoms with Crippen molar-refractivity contribution in [2.75, 3.05) is 6.61 Å². The zero-order valence-corrected chi connectivity index (χ0v) is 13.4. The van der Waals surface area contributed by atoms with Gasteiger partial charge in [-0.25, -0.2) is 5.43 Å². The molecular formula is C16H14Cl2N2O2. The number of ether oxygens (including phenoxy) is 1. The maximum absolute atomic E-state index is 11.6. The number of nitrogens with zero attached hydrogens (tertiary/aromatic N) is 1. The third-order valence-electron chi connectivity index (χ3n) is 2.77. The lowest BCUT2D eigenvalue weighted by Gasteiger charge is -2.06. The van der Waals surface area contributed by atoms with E-state index in [-0.39, 0.29) is 12.5 Å². The Morgan fingerprint density at radius 3 is 2.64 bits per heavy atom. The minimum atomic E-state index is -0.349. The molecule has 1 amide bonds. The van der Waals surface area contributed by atoms with E-state index >= 15 is 0 Å². The van der Waals surface area contributed by atoms with Crippen LogP contribution in [0, 0.1) is 6.92 Å². The van der Waals surface area contributed by atoms with Crippen molar-refractivity contribution < 1.29 is 9.53 Å². The van der Waals surface area contributed by atoms with E-state index in [4.69, 9.17) is 27.9 Å². The molecule has 4 nitrogen and oxygen atoms in total. The minimum absolute atomic E-state index is 0.126. The summed E-state index contributed by atoms with van der Waals surface area (Å²) in [6.07, 6.45) is 1.53. The van der Waals surface area contributed by atoms with Crippen molar-refractivity contribution >= 4 is 35.3 Å². The number of rotatable bonds is 5. The first-order valence-electron chi connectivity index (χ1n) is 6.51. The van der Waals surface area contributed by atoms with Gasteiger partial charge in [0.2, 0.25) is 0 Å². The molecule has 0 radical (unpaired) electrons. The first kappa shape index (κ1) is 16.3. The minimum Gasteiger partial charge on any atom is -0.484 e. The second-order valence-electron chi connectivity index (χ2n) is 4.54. The number of carbonyl (C=O) groups is 1. The van der Waals surface area contributed by atoms with E-state index in [1.807, 2.05) is 6.92 Å². The van der Waals surface area contributed by atoms with Crippen LogP contribution in [-0.2, 0) is 4.79 Å². The van der Waals surface area contributed by atoms with Crippen LogP contribution in [0.15, 0.2) is 47.6 Å². The molecule has 2 aromatic rings.